The Labute approximate surface area is 431 Å². The van der Waals surface area contributed by atoms with E-state index in [2.05, 4.69) is 28.9 Å². The smallest absolute Gasteiger partial charge is 0.258 e. The molecule has 1 unspecified atom stereocenters. The maximum absolute atomic E-state index is 12.9. The Morgan fingerprint density at radius 2 is 1.30 bits per heavy atom. The fourth-order valence-corrected chi connectivity index (χ4v) is 9.03. The number of fused-ring (bicyclic) bond motifs is 2. The van der Waals surface area contributed by atoms with Crippen LogP contribution in [-0.4, -0.2) is 120 Å². The summed E-state index contributed by atoms with van der Waals surface area (Å²) in [5, 5.41) is 19.1. The van der Waals surface area contributed by atoms with E-state index in [1.807, 2.05) is 95.9 Å². The van der Waals surface area contributed by atoms with E-state index in [1.54, 1.807) is 36.1 Å². The first-order valence-electron chi connectivity index (χ1n) is 24.6. The van der Waals surface area contributed by atoms with Crippen LogP contribution in [0, 0.1) is 11.3 Å². The van der Waals surface area contributed by atoms with Crippen molar-refractivity contribution in [1.82, 2.24) is 15.5 Å². The van der Waals surface area contributed by atoms with Crippen LogP contribution >= 0.6 is 11.6 Å². The largest absolute Gasteiger partial charge is 0.484 e. The van der Waals surface area contributed by atoms with Crippen molar-refractivity contribution in [1.29, 1.82) is 5.26 Å². The van der Waals surface area contributed by atoms with Gasteiger partial charge in [0.25, 0.3) is 11.8 Å². The normalized spacial score (nSPS) is 15.7. The summed E-state index contributed by atoms with van der Waals surface area (Å²) in [6, 6.07) is 38.1. The molecule has 0 bridgehead atoms. The predicted molar refractivity (Wildman–Crippen MR) is 277 cm³/mol. The fourth-order valence-electron chi connectivity index (χ4n) is 8.90. The molecule has 2 heterocycles. The lowest BCUT2D eigenvalue weighted by atomic mass is 9.88. The standard InChI is InChI=1S/C56H63ClN6O10/c1-39-35-51(61-47-16-14-46(57)15-17-47)50-36-44(13-20-52(50)63(39)40(2)64)41-7-9-43(10-8-41)56(67)60-24-26-69-28-30-71-32-34-72-33-31-70-29-27-68-25-23-59-53(65)38-73-48-18-11-42(12-19-48)55-49-6-4-3-5-45(49)37-62(55)54(66)21-22-58/h3-20,36,39,51,55,61H,21,23-35,37-38H2,1-2H3,(H,59,65)(H,60,67)/t39-,51+,55?/m0/s1. The lowest BCUT2D eigenvalue weighted by Crippen LogP contribution is -2.43. The van der Waals surface area contributed by atoms with E-state index < -0.39 is 0 Å². The molecule has 0 fully saturated rings. The Kier molecular flexibility index (Phi) is 20.6. The lowest BCUT2D eigenvalue weighted by molar-refractivity contribution is -0.131. The number of nitrogens with zero attached hydrogens (tertiary/aromatic N) is 3. The molecule has 7 rings (SSSR count). The van der Waals surface area contributed by atoms with E-state index in [0.717, 1.165) is 51.2 Å². The maximum Gasteiger partial charge on any atom is 0.258 e. The number of nitrogens with one attached hydrogen (secondary N) is 3. The van der Waals surface area contributed by atoms with Crippen LogP contribution in [0.1, 0.15) is 71.4 Å². The lowest BCUT2D eigenvalue weighted by Gasteiger charge is -2.39. The molecule has 16 nitrogen and oxygen atoms in total. The second kappa shape index (κ2) is 27.8. The van der Waals surface area contributed by atoms with Crippen molar-refractivity contribution in [2.45, 2.75) is 51.4 Å². The van der Waals surface area contributed by atoms with Crippen molar-refractivity contribution < 1.29 is 47.6 Å². The second-order valence-electron chi connectivity index (χ2n) is 17.5. The first-order chi connectivity index (χ1) is 35.6. The average molecular weight is 1020 g/mol. The van der Waals surface area contributed by atoms with Crippen LogP contribution in [0.15, 0.2) is 115 Å². The van der Waals surface area contributed by atoms with Crippen molar-refractivity contribution in [2.75, 3.05) is 96.0 Å². The highest BCUT2D eigenvalue weighted by Crippen LogP contribution is 2.42. The highest BCUT2D eigenvalue weighted by molar-refractivity contribution is 6.30. The Morgan fingerprint density at radius 3 is 1.93 bits per heavy atom. The van der Waals surface area contributed by atoms with Gasteiger partial charge in [-0.05, 0) is 107 Å². The third kappa shape index (κ3) is 15.6. The summed E-state index contributed by atoms with van der Waals surface area (Å²) in [6.45, 7) is 8.48. The Bertz CT molecular complexity index is 2650. The zero-order valence-corrected chi connectivity index (χ0v) is 42.1. The van der Waals surface area contributed by atoms with E-state index in [0.29, 0.717) is 102 Å². The van der Waals surface area contributed by atoms with Gasteiger partial charge >= 0.3 is 0 Å². The summed E-state index contributed by atoms with van der Waals surface area (Å²) in [7, 11) is 0. The van der Waals surface area contributed by atoms with Gasteiger partial charge in [0, 0.05) is 54.6 Å². The minimum absolute atomic E-state index is 0.00224. The van der Waals surface area contributed by atoms with Gasteiger partial charge in [-0.15, -0.1) is 0 Å². The topological polar surface area (TPSA) is 190 Å². The van der Waals surface area contributed by atoms with Crippen LogP contribution < -0.4 is 25.6 Å². The van der Waals surface area contributed by atoms with Gasteiger partial charge in [0.1, 0.15) is 12.2 Å². The van der Waals surface area contributed by atoms with Gasteiger partial charge in [-0.3, -0.25) is 19.2 Å². The first kappa shape index (κ1) is 53.9. The minimum atomic E-state index is -0.289. The Morgan fingerprint density at radius 1 is 0.699 bits per heavy atom. The number of carbonyl (C=O) groups excluding carboxylic acids is 4. The molecule has 3 atom stereocenters. The quantitative estimate of drug-likeness (QED) is 0.0437. The zero-order chi connectivity index (χ0) is 51.4. The molecule has 17 heteroatoms. The fraction of sp³-hybridized carbons (Fsp3) is 0.375. The maximum atomic E-state index is 12.9. The third-order valence-corrected chi connectivity index (χ3v) is 12.6. The number of halogens is 1. The molecule has 0 saturated carbocycles. The molecule has 0 radical (unpaired) electrons. The van der Waals surface area contributed by atoms with Gasteiger partial charge in [0.05, 0.1) is 84.2 Å². The minimum Gasteiger partial charge on any atom is -0.484 e. The van der Waals surface area contributed by atoms with Crippen LogP contribution in [-0.2, 0) is 44.6 Å². The second-order valence-corrected chi connectivity index (χ2v) is 17.9. The number of rotatable bonds is 27. The first-order valence-corrected chi connectivity index (χ1v) is 24.9. The number of nitriles is 1. The van der Waals surface area contributed by atoms with Crippen LogP contribution in [0.4, 0.5) is 11.4 Å². The number of anilines is 2. The number of hydrogen-bond donors (Lipinski definition) is 3. The number of hydrogen-bond acceptors (Lipinski definition) is 12. The summed E-state index contributed by atoms with van der Waals surface area (Å²) < 4.78 is 33.5. The van der Waals surface area contributed by atoms with Crippen LogP contribution in [0.5, 0.6) is 5.75 Å². The molecular formula is C56H63ClN6O10. The highest BCUT2D eigenvalue weighted by atomic mass is 35.5. The third-order valence-electron chi connectivity index (χ3n) is 12.4. The molecule has 4 amide bonds. The summed E-state index contributed by atoms with van der Waals surface area (Å²) >= 11 is 6.12. The van der Waals surface area contributed by atoms with Crippen molar-refractivity contribution in [3.63, 3.8) is 0 Å². The Balaban J connectivity index is 0.668. The highest BCUT2D eigenvalue weighted by Gasteiger charge is 2.35. The monoisotopic (exact) mass is 1010 g/mol. The summed E-state index contributed by atoms with van der Waals surface area (Å²) in [4.78, 5) is 54.2. The van der Waals surface area contributed by atoms with Crippen molar-refractivity contribution >= 4 is 46.6 Å². The molecule has 384 valence electrons. The molecular weight excluding hydrogens is 952 g/mol. The van der Waals surface area contributed by atoms with Gasteiger partial charge < -0.3 is 54.2 Å². The molecule has 5 aromatic rings. The molecule has 2 aliphatic rings. The molecule has 0 spiro atoms. The van der Waals surface area contributed by atoms with E-state index >= 15 is 0 Å². The SMILES string of the molecule is CC(=O)N1c2ccc(-c3ccc(C(=O)NCCOCCOCCOCCOCCOCCNC(=O)COc4ccc(C5c6ccccc6CN5C(=O)CC#N)cc4)cc3)cc2[C@H](Nc2ccc(Cl)cc2)C[C@@H]1C. The average Bonchev–Trinajstić information content (AvgIpc) is 3.79. The number of ether oxygens (including phenoxy) is 6. The molecule has 0 aromatic heterocycles. The van der Waals surface area contributed by atoms with Gasteiger partial charge in [-0.25, -0.2) is 0 Å². The molecule has 2 aliphatic heterocycles. The van der Waals surface area contributed by atoms with E-state index in [4.69, 9.17) is 45.3 Å². The van der Waals surface area contributed by atoms with Gasteiger partial charge in [-0.2, -0.15) is 5.26 Å². The zero-order valence-electron chi connectivity index (χ0n) is 41.3. The van der Waals surface area contributed by atoms with Gasteiger partial charge in [-0.1, -0.05) is 66.2 Å². The number of carbonyl (C=O) groups is 4. The molecule has 5 aromatic carbocycles. The molecule has 73 heavy (non-hydrogen) atoms. The number of amides is 4. The van der Waals surface area contributed by atoms with Crippen molar-refractivity contribution in [3.8, 4) is 22.9 Å². The van der Waals surface area contributed by atoms with E-state index in [1.165, 1.54) is 0 Å². The molecule has 0 saturated heterocycles. The summed E-state index contributed by atoms with van der Waals surface area (Å²) in [6.07, 6.45) is 0.560. The summed E-state index contributed by atoms with van der Waals surface area (Å²) in [5.41, 5.74) is 8.33. The number of benzene rings is 5. The van der Waals surface area contributed by atoms with Gasteiger partial charge in [0.15, 0.2) is 6.61 Å². The van der Waals surface area contributed by atoms with E-state index in [-0.39, 0.29) is 54.8 Å². The predicted octanol–water partition coefficient (Wildman–Crippen LogP) is 7.66. The molecule has 0 aliphatic carbocycles. The Hall–Kier alpha value is -6.84. The van der Waals surface area contributed by atoms with Crippen LogP contribution in [0.2, 0.25) is 5.02 Å². The molecule has 3 N–H and O–H groups in total. The summed E-state index contributed by atoms with van der Waals surface area (Å²) in [5.74, 6) is -0.163. The van der Waals surface area contributed by atoms with E-state index in [9.17, 15) is 19.2 Å². The van der Waals surface area contributed by atoms with Crippen LogP contribution in [0.3, 0.4) is 0 Å². The van der Waals surface area contributed by atoms with Gasteiger partial charge in [0.2, 0.25) is 11.8 Å². The van der Waals surface area contributed by atoms with Crippen LogP contribution in [0.25, 0.3) is 11.1 Å². The van der Waals surface area contributed by atoms with Crippen molar-refractivity contribution in [3.05, 3.63) is 148 Å². The van der Waals surface area contributed by atoms with Crippen molar-refractivity contribution in [2.24, 2.45) is 0 Å².